The van der Waals surface area contributed by atoms with E-state index in [9.17, 15) is 14.7 Å². The first-order valence-corrected chi connectivity index (χ1v) is 10.2. The fourth-order valence-electron chi connectivity index (χ4n) is 2.92. The summed E-state index contributed by atoms with van der Waals surface area (Å²) in [5.41, 5.74) is 2.96. The second-order valence-corrected chi connectivity index (χ2v) is 6.95. The lowest BCUT2D eigenvalue weighted by Crippen LogP contribution is -2.22. The number of ketones is 1. The summed E-state index contributed by atoms with van der Waals surface area (Å²) in [5, 5.41) is 9.68. The van der Waals surface area contributed by atoms with Crippen LogP contribution < -0.4 is 0 Å². The average Bonchev–Trinajstić information content (AvgIpc) is 3.01. The molecule has 1 aliphatic rings. The number of allylic oxidation sites excluding steroid dienone is 4. The first-order valence-electron chi connectivity index (χ1n) is 10.2. The molecule has 0 heterocycles. The highest BCUT2D eigenvalue weighted by molar-refractivity contribution is 5.95. The van der Waals surface area contributed by atoms with Crippen LogP contribution in [0.5, 0.6) is 0 Å². The highest BCUT2D eigenvalue weighted by Gasteiger charge is 2.26. The van der Waals surface area contributed by atoms with Crippen LogP contribution in [0.2, 0.25) is 0 Å². The Morgan fingerprint density at radius 2 is 2.07 bits per heavy atom. The Morgan fingerprint density at radius 3 is 2.81 bits per heavy atom. The van der Waals surface area contributed by atoms with Crippen molar-refractivity contribution in [2.75, 3.05) is 6.61 Å². The number of hydrogen-bond acceptors (Lipinski definition) is 4. The van der Waals surface area contributed by atoms with E-state index in [0.29, 0.717) is 13.0 Å². The Labute approximate surface area is 163 Å². The SMILES string of the molecule is CCCCCCC=C[C@H]1C=CC(=O)[C@@H]1CC=C=CCC(O)C(=O)OCCC. The van der Waals surface area contributed by atoms with Gasteiger partial charge in [-0.25, -0.2) is 4.79 Å². The molecule has 0 radical (unpaired) electrons. The molecule has 0 bridgehead atoms. The monoisotopic (exact) mass is 374 g/mol. The summed E-state index contributed by atoms with van der Waals surface area (Å²) in [6, 6.07) is 0. The van der Waals surface area contributed by atoms with Gasteiger partial charge in [0, 0.05) is 18.3 Å². The van der Waals surface area contributed by atoms with Crippen LogP contribution >= 0.6 is 0 Å². The molecule has 0 aromatic rings. The van der Waals surface area contributed by atoms with Gasteiger partial charge in [-0.3, -0.25) is 4.79 Å². The Hall–Kier alpha value is -1.90. The molecule has 27 heavy (non-hydrogen) atoms. The van der Waals surface area contributed by atoms with Crippen LogP contribution in [0.4, 0.5) is 0 Å². The summed E-state index contributed by atoms with van der Waals surface area (Å²) in [6.07, 6.45) is 17.8. The van der Waals surface area contributed by atoms with E-state index in [1.807, 2.05) is 19.1 Å². The second-order valence-electron chi connectivity index (χ2n) is 6.95. The lowest BCUT2D eigenvalue weighted by molar-refractivity contribution is -0.153. The molecule has 0 fully saturated rings. The average molecular weight is 375 g/mol. The molecule has 150 valence electrons. The van der Waals surface area contributed by atoms with E-state index in [4.69, 9.17) is 4.74 Å². The second kappa shape index (κ2) is 14.2. The van der Waals surface area contributed by atoms with Crippen molar-refractivity contribution < 1.29 is 19.4 Å². The number of esters is 1. The van der Waals surface area contributed by atoms with Crippen LogP contribution in [0.3, 0.4) is 0 Å². The number of ether oxygens (including phenoxy) is 1. The molecule has 0 aromatic carbocycles. The molecule has 0 aliphatic heterocycles. The van der Waals surface area contributed by atoms with Crippen molar-refractivity contribution in [2.45, 2.75) is 71.3 Å². The van der Waals surface area contributed by atoms with Crippen molar-refractivity contribution in [3.8, 4) is 0 Å². The van der Waals surface area contributed by atoms with Crippen LogP contribution in [0, 0.1) is 11.8 Å². The Balaban J connectivity index is 2.39. The van der Waals surface area contributed by atoms with Crippen molar-refractivity contribution in [2.24, 2.45) is 11.8 Å². The minimum Gasteiger partial charge on any atom is -0.464 e. The molecular weight excluding hydrogens is 340 g/mol. The largest absolute Gasteiger partial charge is 0.464 e. The molecule has 4 nitrogen and oxygen atoms in total. The van der Waals surface area contributed by atoms with Gasteiger partial charge in [0.2, 0.25) is 0 Å². The predicted molar refractivity (Wildman–Crippen MR) is 108 cm³/mol. The van der Waals surface area contributed by atoms with Gasteiger partial charge in [0.1, 0.15) is 0 Å². The summed E-state index contributed by atoms with van der Waals surface area (Å²) >= 11 is 0. The van der Waals surface area contributed by atoms with Gasteiger partial charge in [-0.15, -0.1) is 5.73 Å². The maximum absolute atomic E-state index is 12.0. The number of unbranched alkanes of at least 4 members (excludes halogenated alkanes) is 4. The van der Waals surface area contributed by atoms with E-state index in [1.54, 1.807) is 12.2 Å². The predicted octanol–water partition coefficient (Wildman–Crippen LogP) is 4.69. The number of aliphatic hydroxyl groups excluding tert-OH is 1. The minimum absolute atomic E-state index is 0.0720. The van der Waals surface area contributed by atoms with Crippen LogP contribution in [0.25, 0.3) is 0 Å². The van der Waals surface area contributed by atoms with Crippen LogP contribution in [0.1, 0.15) is 65.2 Å². The Morgan fingerprint density at radius 1 is 1.26 bits per heavy atom. The summed E-state index contributed by atoms with van der Waals surface area (Å²) in [6.45, 7) is 4.42. The van der Waals surface area contributed by atoms with Gasteiger partial charge >= 0.3 is 5.97 Å². The summed E-state index contributed by atoms with van der Waals surface area (Å²) in [4.78, 5) is 23.5. The van der Waals surface area contributed by atoms with Gasteiger partial charge in [-0.2, -0.15) is 0 Å². The zero-order chi connectivity index (χ0) is 19.9. The topological polar surface area (TPSA) is 63.6 Å². The molecule has 1 unspecified atom stereocenters. The Bertz CT molecular complexity index is 567. The molecule has 4 heteroatoms. The molecule has 0 spiro atoms. The lowest BCUT2D eigenvalue weighted by atomic mass is 9.91. The zero-order valence-corrected chi connectivity index (χ0v) is 16.7. The van der Waals surface area contributed by atoms with Crippen molar-refractivity contribution in [3.05, 3.63) is 42.2 Å². The molecule has 1 rings (SSSR count). The number of rotatable bonds is 13. The number of hydrogen-bond donors (Lipinski definition) is 1. The van der Waals surface area contributed by atoms with Gasteiger partial charge in [0.25, 0.3) is 0 Å². The maximum atomic E-state index is 12.0. The van der Waals surface area contributed by atoms with E-state index in [1.165, 1.54) is 25.7 Å². The van der Waals surface area contributed by atoms with Crippen molar-refractivity contribution in [1.82, 2.24) is 0 Å². The highest BCUT2D eigenvalue weighted by atomic mass is 16.5. The molecular formula is C23H34O4. The third-order valence-electron chi connectivity index (χ3n) is 4.56. The fraction of sp³-hybridized carbons (Fsp3) is 0.609. The third kappa shape index (κ3) is 9.55. The normalized spacial score (nSPS) is 19.9. The van der Waals surface area contributed by atoms with E-state index < -0.39 is 12.1 Å². The third-order valence-corrected chi connectivity index (χ3v) is 4.56. The van der Waals surface area contributed by atoms with E-state index in [0.717, 1.165) is 12.8 Å². The standard InChI is InChI=1S/C23H34O4/c1-3-5-6-7-8-10-13-19-16-17-21(24)20(19)14-11-9-12-15-22(25)23(26)27-18-4-2/h10-13,16-17,19-20,22,25H,3-8,14-15,18H2,1-2H3/t9?,19-,20+,22?/m0/s1. The van der Waals surface area contributed by atoms with Gasteiger partial charge in [0.15, 0.2) is 11.9 Å². The molecule has 1 aliphatic carbocycles. The fourth-order valence-corrected chi connectivity index (χ4v) is 2.92. The number of carbonyl (C=O) groups is 2. The zero-order valence-electron chi connectivity index (χ0n) is 16.7. The minimum atomic E-state index is -1.16. The summed E-state index contributed by atoms with van der Waals surface area (Å²) in [5.74, 6) is -0.375. The van der Waals surface area contributed by atoms with Crippen molar-refractivity contribution in [3.63, 3.8) is 0 Å². The van der Waals surface area contributed by atoms with Crippen LogP contribution in [-0.2, 0) is 14.3 Å². The van der Waals surface area contributed by atoms with Crippen LogP contribution in [-0.4, -0.2) is 29.6 Å². The molecule has 0 saturated carbocycles. The van der Waals surface area contributed by atoms with E-state index >= 15 is 0 Å². The van der Waals surface area contributed by atoms with Gasteiger partial charge in [-0.05, 0) is 43.9 Å². The lowest BCUT2D eigenvalue weighted by Gasteiger charge is -2.12. The van der Waals surface area contributed by atoms with E-state index in [2.05, 4.69) is 24.8 Å². The number of carbonyl (C=O) groups excluding carboxylic acids is 2. The molecule has 0 saturated heterocycles. The molecule has 3 atom stereocenters. The maximum Gasteiger partial charge on any atom is 0.335 e. The number of aliphatic hydroxyl groups is 1. The quantitative estimate of drug-likeness (QED) is 0.220. The molecule has 0 aromatic heterocycles. The molecule has 1 N–H and O–H groups in total. The first kappa shape index (κ1) is 23.1. The van der Waals surface area contributed by atoms with Gasteiger partial charge in [-0.1, -0.05) is 51.3 Å². The summed E-state index contributed by atoms with van der Waals surface area (Å²) < 4.78 is 4.88. The van der Waals surface area contributed by atoms with Gasteiger partial charge < -0.3 is 9.84 Å². The van der Waals surface area contributed by atoms with Crippen molar-refractivity contribution >= 4 is 11.8 Å². The molecule has 0 amide bonds. The smallest absolute Gasteiger partial charge is 0.335 e. The first-order chi connectivity index (χ1) is 13.1. The Kier molecular flexibility index (Phi) is 12.2. The van der Waals surface area contributed by atoms with Gasteiger partial charge in [0.05, 0.1) is 6.61 Å². The van der Waals surface area contributed by atoms with Crippen LogP contribution in [0.15, 0.2) is 42.2 Å². The van der Waals surface area contributed by atoms with E-state index in [-0.39, 0.29) is 24.0 Å². The summed E-state index contributed by atoms with van der Waals surface area (Å²) in [7, 11) is 0. The highest BCUT2D eigenvalue weighted by Crippen LogP contribution is 2.27. The van der Waals surface area contributed by atoms with Crippen molar-refractivity contribution in [1.29, 1.82) is 0 Å².